The third kappa shape index (κ3) is 2.82. The van der Waals surface area contributed by atoms with E-state index in [9.17, 15) is 0 Å². The van der Waals surface area contributed by atoms with Gasteiger partial charge in [-0.1, -0.05) is 30.3 Å². The summed E-state index contributed by atoms with van der Waals surface area (Å²) < 4.78 is 0. The summed E-state index contributed by atoms with van der Waals surface area (Å²) in [5.74, 6) is 0. The molecule has 1 saturated heterocycles. The molecule has 0 bridgehead atoms. The molecule has 0 saturated carbocycles. The van der Waals surface area contributed by atoms with Crippen molar-refractivity contribution >= 4 is 0 Å². The Hall–Kier alpha value is -0.860. The van der Waals surface area contributed by atoms with Gasteiger partial charge in [-0.15, -0.1) is 13.1 Å². The van der Waals surface area contributed by atoms with Crippen molar-refractivity contribution in [3.8, 4) is 0 Å². The molecule has 1 heterocycles. The van der Waals surface area contributed by atoms with Crippen molar-refractivity contribution in [2.45, 2.75) is 6.42 Å². The largest absolute Gasteiger partial charge is 0.660 e. The van der Waals surface area contributed by atoms with Gasteiger partial charge in [-0.3, -0.25) is 0 Å². The van der Waals surface area contributed by atoms with E-state index >= 15 is 0 Å². The summed E-state index contributed by atoms with van der Waals surface area (Å²) in [6, 6.07) is 10.7. The molecule has 1 aliphatic rings. The zero-order chi connectivity index (χ0) is 9.64. The number of piperazine rings is 1. The summed E-state index contributed by atoms with van der Waals surface area (Å²) in [6.45, 7) is 5.52. The predicted octanol–water partition coefficient (Wildman–Crippen LogP) is 1.92. The molecule has 0 unspecified atom stereocenters. The highest BCUT2D eigenvalue weighted by Gasteiger charge is 2.03. The highest BCUT2D eigenvalue weighted by molar-refractivity contribution is 5.14. The van der Waals surface area contributed by atoms with Crippen molar-refractivity contribution in [1.29, 1.82) is 0 Å². The van der Waals surface area contributed by atoms with Crippen molar-refractivity contribution in [2.75, 3.05) is 32.7 Å². The van der Waals surface area contributed by atoms with Crippen molar-refractivity contribution in [1.82, 2.24) is 4.90 Å². The first-order valence-electron chi connectivity index (χ1n) is 5.35. The van der Waals surface area contributed by atoms with E-state index in [4.69, 9.17) is 0 Å². The molecule has 2 heteroatoms. The molecule has 1 fully saturated rings. The molecule has 2 rings (SSSR count). The van der Waals surface area contributed by atoms with Crippen molar-refractivity contribution in [2.24, 2.45) is 0 Å². The fourth-order valence-corrected chi connectivity index (χ4v) is 1.80. The second kappa shape index (κ2) is 5.13. The molecule has 0 N–H and O–H groups in total. The molecule has 0 radical (unpaired) electrons. The smallest absolute Gasteiger partial charge is 0.00204 e. The lowest BCUT2D eigenvalue weighted by atomic mass is 10.1. The Labute approximate surface area is 85.9 Å². The van der Waals surface area contributed by atoms with Gasteiger partial charge in [0.1, 0.15) is 0 Å². The van der Waals surface area contributed by atoms with E-state index in [1.54, 1.807) is 0 Å². The average Bonchev–Trinajstić information content (AvgIpc) is 2.29. The quantitative estimate of drug-likeness (QED) is 0.710. The molecule has 0 spiro atoms. The van der Waals surface area contributed by atoms with Crippen LogP contribution in [0.25, 0.3) is 5.32 Å². The van der Waals surface area contributed by atoms with Crippen LogP contribution in [-0.2, 0) is 6.42 Å². The van der Waals surface area contributed by atoms with Crippen LogP contribution in [0.1, 0.15) is 5.56 Å². The van der Waals surface area contributed by atoms with Gasteiger partial charge < -0.3 is 10.2 Å². The Bertz CT molecular complexity index is 252. The molecule has 0 aromatic heterocycles. The molecular weight excluding hydrogens is 172 g/mol. The third-order valence-corrected chi connectivity index (χ3v) is 2.71. The summed E-state index contributed by atoms with van der Waals surface area (Å²) >= 11 is 0. The second-order valence-electron chi connectivity index (χ2n) is 3.75. The first-order valence-corrected chi connectivity index (χ1v) is 5.35. The van der Waals surface area contributed by atoms with Crippen LogP contribution in [0.15, 0.2) is 30.3 Å². The van der Waals surface area contributed by atoms with Crippen molar-refractivity contribution in [3.05, 3.63) is 41.2 Å². The Morgan fingerprint density at radius 3 is 2.50 bits per heavy atom. The van der Waals surface area contributed by atoms with Gasteiger partial charge in [0.15, 0.2) is 0 Å². The van der Waals surface area contributed by atoms with Crippen LogP contribution in [0.3, 0.4) is 0 Å². The molecule has 0 aliphatic carbocycles. The topological polar surface area (TPSA) is 17.3 Å². The number of benzene rings is 1. The van der Waals surface area contributed by atoms with Gasteiger partial charge in [0.25, 0.3) is 0 Å². The molecule has 0 atom stereocenters. The summed E-state index contributed by atoms with van der Waals surface area (Å²) in [7, 11) is 0. The molecule has 14 heavy (non-hydrogen) atoms. The molecule has 1 aromatic rings. The maximum absolute atomic E-state index is 4.34. The molecule has 76 valence electrons. The van der Waals surface area contributed by atoms with Gasteiger partial charge >= 0.3 is 0 Å². The first-order chi connectivity index (χ1) is 6.95. The monoisotopic (exact) mass is 189 g/mol. The van der Waals surface area contributed by atoms with E-state index < -0.39 is 0 Å². The SMILES string of the molecule is c1ccc(CCN2CC[N-]CC2)cc1. The highest BCUT2D eigenvalue weighted by atomic mass is 15.2. The van der Waals surface area contributed by atoms with E-state index in [1.807, 2.05) is 0 Å². The van der Waals surface area contributed by atoms with Crippen LogP contribution in [-0.4, -0.2) is 37.6 Å². The van der Waals surface area contributed by atoms with Crippen LogP contribution in [0.4, 0.5) is 0 Å². The fraction of sp³-hybridized carbons (Fsp3) is 0.500. The second-order valence-corrected chi connectivity index (χ2v) is 3.75. The number of nitrogens with zero attached hydrogens (tertiary/aromatic N) is 2. The van der Waals surface area contributed by atoms with Gasteiger partial charge in [0.2, 0.25) is 0 Å². The number of rotatable bonds is 3. The Morgan fingerprint density at radius 1 is 1.07 bits per heavy atom. The minimum absolute atomic E-state index is 1.02. The zero-order valence-electron chi connectivity index (χ0n) is 8.52. The van der Waals surface area contributed by atoms with E-state index in [1.165, 1.54) is 18.5 Å². The van der Waals surface area contributed by atoms with Gasteiger partial charge in [0, 0.05) is 6.54 Å². The maximum Gasteiger partial charge on any atom is 0.00204 e. The van der Waals surface area contributed by atoms with E-state index in [-0.39, 0.29) is 0 Å². The van der Waals surface area contributed by atoms with Gasteiger partial charge in [-0.05, 0) is 25.1 Å². The Morgan fingerprint density at radius 2 is 1.79 bits per heavy atom. The number of hydrogen-bond acceptors (Lipinski definition) is 1. The minimum Gasteiger partial charge on any atom is -0.660 e. The van der Waals surface area contributed by atoms with Crippen molar-refractivity contribution in [3.63, 3.8) is 0 Å². The zero-order valence-corrected chi connectivity index (χ0v) is 8.52. The summed E-state index contributed by atoms with van der Waals surface area (Å²) in [5.41, 5.74) is 1.44. The first kappa shape index (κ1) is 9.69. The van der Waals surface area contributed by atoms with E-state index in [0.717, 1.165) is 26.2 Å². The predicted molar refractivity (Wildman–Crippen MR) is 59.7 cm³/mol. The summed E-state index contributed by atoms with van der Waals surface area (Å²) in [6.07, 6.45) is 1.17. The number of hydrogen-bond donors (Lipinski definition) is 0. The summed E-state index contributed by atoms with van der Waals surface area (Å²) in [5, 5.41) is 4.34. The van der Waals surface area contributed by atoms with Gasteiger partial charge in [-0.25, -0.2) is 0 Å². The van der Waals surface area contributed by atoms with Crippen LogP contribution in [0, 0.1) is 0 Å². The van der Waals surface area contributed by atoms with Crippen LogP contribution < -0.4 is 0 Å². The Balaban J connectivity index is 1.76. The van der Waals surface area contributed by atoms with Crippen LogP contribution in [0.2, 0.25) is 0 Å². The van der Waals surface area contributed by atoms with Gasteiger partial charge in [-0.2, -0.15) is 0 Å². The standard InChI is InChI=1S/C12H17N2/c1-2-4-12(5-3-1)6-9-14-10-7-13-8-11-14/h1-5H,6-11H2/q-1. The van der Waals surface area contributed by atoms with Crippen molar-refractivity contribution < 1.29 is 0 Å². The van der Waals surface area contributed by atoms with E-state index in [0.29, 0.717) is 0 Å². The summed E-state index contributed by atoms with van der Waals surface area (Å²) in [4.78, 5) is 2.50. The molecule has 1 aliphatic heterocycles. The van der Waals surface area contributed by atoms with Gasteiger partial charge in [0.05, 0.1) is 0 Å². The van der Waals surface area contributed by atoms with E-state index in [2.05, 4.69) is 40.5 Å². The highest BCUT2D eigenvalue weighted by Crippen LogP contribution is 2.05. The minimum atomic E-state index is 1.02. The molecule has 2 nitrogen and oxygen atoms in total. The lowest BCUT2D eigenvalue weighted by molar-refractivity contribution is 0.282. The molecule has 1 aromatic carbocycles. The molecular formula is C12H17N2-. The normalized spacial score (nSPS) is 18.3. The lowest BCUT2D eigenvalue weighted by Crippen LogP contribution is -2.35. The average molecular weight is 189 g/mol. The molecule has 0 amide bonds. The Kier molecular flexibility index (Phi) is 3.55. The fourth-order valence-electron chi connectivity index (χ4n) is 1.80. The van der Waals surface area contributed by atoms with Crippen LogP contribution >= 0.6 is 0 Å². The third-order valence-electron chi connectivity index (χ3n) is 2.71. The maximum atomic E-state index is 4.34. The lowest BCUT2D eigenvalue weighted by Gasteiger charge is -2.35. The van der Waals surface area contributed by atoms with Crippen LogP contribution in [0.5, 0.6) is 0 Å².